The van der Waals surface area contributed by atoms with Crippen LogP contribution in [0.25, 0.3) is 0 Å². The first kappa shape index (κ1) is 16.3. The summed E-state index contributed by atoms with van der Waals surface area (Å²) in [5, 5.41) is 18.3. The Balaban J connectivity index is 4.05. The summed E-state index contributed by atoms with van der Waals surface area (Å²) in [5.74, 6) is -0.0404. The van der Waals surface area contributed by atoms with Crippen molar-refractivity contribution in [1.29, 1.82) is 0 Å². The standard InChI is InChI=1S/C8H18ClO6P/c1-3-7(10)5-14-16(12,13-2)15-6-8(11)4-9/h7-8,10-11H,3-6H2,1-2H3. The molecule has 0 saturated heterocycles. The van der Waals surface area contributed by atoms with E-state index in [9.17, 15) is 9.67 Å². The number of halogens is 1. The Hall–Kier alpha value is 0.320. The lowest BCUT2D eigenvalue weighted by molar-refractivity contribution is 0.0470. The Labute approximate surface area is 100 Å². The third-order valence-electron chi connectivity index (χ3n) is 1.72. The SMILES string of the molecule is CCC(O)COP(=O)(OC)OCC(O)CCl. The van der Waals surface area contributed by atoms with Gasteiger partial charge in [0, 0.05) is 7.11 Å². The van der Waals surface area contributed by atoms with Gasteiger partial charge >= 0.3 is 7.82 Å². The van der Waals surface area contributed by atoms with Gasteiger partial charge in [-0.1, -0.05) is 6.92 Å². The van der Waals surface area contributed by atoms with Crippen LogP contribution in [-0.2, 0) is 18.1 Å². The van der Waals surface area contributed by atoms with E-state index < -0.39 is 20.0 Å². The molecule has 0 aromatic carbocycles. The third-order valence-corrected chi connectivity index (χ3v) is 3.46. The molecule has 8 heteroatoms. The number of aliphatic hydroxyl groups is 2. The van der Waals surface area contributed by atoms with Gasteiger partial charge in [-0.05, 0) is 6.42 Å². The van der Waals surface area contributed by atoms with Gasteiger partial charge in [0.1, 0.15) is 0 Å². The smallest absolute Gasteiger partial charge is 0.391 e. The molecule has 3 unspecified atom stereocenters. The van der Waals surface area contributed by atoms with Gasteiger partial charge in [0.05, 0.1) is 31.3 Å². The van der Waals surface area contributed by atoms with Crippen molar-refractivity contribution in [3.05, 3.63) is 0 Å². The van der Waals surface area contributed by atoms with Crippen molar-refractivity contribution >= 4 is 19.4 Å². The van der Waals surface area contributed by atoms with Crippen molar-refractivity contribution in [1.82, 2.24) is 0 Å². The van der Waals surface area contributed by atoms with E-state index in [0.29, 0.717) is 6.42 Å². The van der Waals surface area contributed by atoms with Crippen LogP contribution in [0.1, 0.15) is 13.3 Å². The van der Waals surface area contributed by atoms with Crippen LogP contribution < -0.4 is 0 Å². The molecule has 2 N–H and O–H groups in total. The van der Waals surface area contributed by atoms with E-state index in [2.05, 4.69) is 4.52 Å². The summed E-state index contributed by atoms with van der Waals surface area (Å²) < 4.78 is 25.9. The highest BCUT2D eigenvalue weighted by Gasteiger charge is 2.26. The average Bonchev–Trinajstić information content (AvgIpc) is 2.32. The molecule has 0 spiro atoms. The largest absolute Gasteiger partial charge is 0.474 e. The summed E-state index contributed by atoms with van der Waals surface area (Å²) in [6.07, 6.45) is -1.21. The maximum absolute atomic E-state index is 11.7. The van der Waals surface area contributed by atoms with Gasteiger partial charge < -0.3 is 10.2 Å². The van der Waals surface area contributed by atoms with E-state index in [1.807, 2.05) is 0 Å². The van der Waals surface area contributed by atoms with Crippen molar-refractivity contribution < 1.29 is 28.3 Å². The van der Waals surface area contributed by atoms with Crippen LogP contribution in [0.2, 0.25) is 0 Å². The molecule has 0 saturated carbocycles. The molecule has 0 aromatic heterocycles. The number of phosphoric ester groups is 1. The number of hydrogen-bond acceptors (Lipinski definition) is 6. The maximum Gasteiger partial charge on any atom is 0.474 e. The first-order valence-corrected chi connectivity index (χ1v) is 6.83. The van der Waals surface area contributed by atoms with E-state index >= 15 is 0 Å². The van der Waals surface area contributed by atoms with Crippen molar-refractivity contribution in [2.75, 3.05) is 26.2 Å². The zero-order chi connectivity index (χ0) is 12.6. The fourth-order valence-corrected chi connectivity index (χ4v) is 1.74. The lowest BCUT2D eigenvalue weighted by Gasteiger charge is -2.18. The zero-order valence-corrected chi connectivity index (χ0v) is 11.0. The van der Waals surface area contributed by atoms with Crippen LogP contribution in [-0.4, -0.2) is 48.6 Å². The number of alkyl halides is 1. The molecule has 0 aliphatic rings. The highest BCUT2D eigenvalue weighted by molar-refractivity contribution is 7.48. The number of hydrogen-bond donors (Lipinski definition) is 2. The summed E-state index contributed by atoms with van der Waals surface area (Å²) in [6.45, 7) is 1.35. The van der Waals surface area contributed by atoms with Gasteiger partial charge in [-0.25, -0.2) is 4.57 Å². The van der Waals surface area contributed by atoms with Gasteiger partial charge in [-0.2, -0.15) is 0 Å². The fourth-order valence-electron chi connectivity index (χ4n) is 0.660. The summed E-state index contributed by atoms with van der Waals surface area (Å²) in [5.41, 5.74) is 0. The van der Waals surface area contributed by atoms with Crippen molar-refractivity contribution in [3.8, 4) is 0 Å². The average molecular weight is 277 g/mol. The minimum atomic E-state index is -3.71. The molecule has 0 heterocycles. The highest BCUT2D eigenvalue weighted by Crippen LogP contribution is 2.48. The molecule has 3 atom stereocenters. The van der Waals surface area contributed by atoms with E-state index in [1.54, 1.807) is 6.92 Å². The summed E-state index contributed by atoms with van der Waals surface area (Å²) in [7, 11) is -2.55. The summed E-state index contributed by atoms with van der Waals surface area (Å²) in [4.78, 5) is 0. The second kappa shape index (κ2) is 8.42. The molecule has 6 nitrogen and oxygen atoms in total. The van der Waals surface area contributed by atoms with E-state index in [4.69, 9.17) is 25.8 Å². The van der Waals surface area contributed by atoms with Crippen LogP contribution in [0.3, 0.4) is 0 Å². The minimum Gasteiger partial charge on any atom is -0.391 e. The summed E-state index contributed by atoms with van der Waals surface area (Å²) >= 11 is 5.33. The molecule has 98 valence electrons. The predicted octanol–water partition coefficient (Wildman–Crippen LogP) is 1.14. The lowest BCUT2D eigenvalue weighted by atomic mass is 10.3. The van der Waals surface area contributed by atoms with Crippen LogP contribution >= 0.6 is 19.4 Å². The molecule has 0 amide bonds. The van der Waals surface area contributed by atoms with E-state index in [-0.39, 0.29) is 19.1 Å². The molecule has 0 aromatic rings. The fraction of sp³-hybridized carbons (Fsp3) is 1.00. The molecule has 0 radical (unpaired) electrons. The first-order valence-electron chi connectivity index (χ1n) is 4.84. The predicted molar refractivity (Wildman–Crippen MR) is 59.5 cm³/mol. The Morgan fingerprint density at radius 1 is 1.25 bits per heavy atom. The Bertz CT molecular complexity index is 209. The van der Waals surface area contributed by atoms with Crippen molar-refractivity contribution in [2.24, 2.45) is 0 Å². The van der Waals surface area contributed by atoms with Crippen LogP contribution in [0.5, 0.6) is 0 Å². The second-order valence-electron chi connectivity index (χ2n) is 3.09. The van der Waals surface area contributed by atoms with E-state index in [0.717, 1.165) is 7.11 Å². The summed E-state index contributed by atoms with van der Waals surface area (Å²) in [6, 6.07) is 0. The molecule has 0 fully saturated rings. The van der Waals surface area contributed by atoms with Crippen LogP contribution in [0, 0.1) is 0 Å². The van der Waals surface area contributed by atoms with Gasteiger partial charge in [0.15, 0.2) is 0 Å². The molecule has 0 aliphatic heterocycles. The van der Waals surface area contributed by atoms with Gasteiger partial charge in [0.25, 0.3) is 0 Å². The Morgan fingerprint density at radius 3 is 2.12 bits per heavy atom. The molecule has 16 heavy (non-hydrogen) atoms. The van der Waals surface area contributed by atoms with Gasteiger partial charge in [-0.3, -0.25) is 13.6 Å². The maximum atomic E-state index is 11.7. The quantitative estimate of drug-likeness (QED) is 0.485. The molecular formula is C8H18ClO6P. The molecule has 0 aliphatic carbocycles. The van der Waals surface area contributed by atoms with Crippen LogP contribution in [0.15, 0.2) is 0 Å². The van der Waals surface area contributed by atoms with Crippen molar-refractivity contribution in [2.45, 2.75) is 25.6 Å². The normalized spacial score (nSPS) is 19.1. The van der Waals surface area contributed by atoms with Crippen LogP contribution in [0.4, 0.5) is 0 Å². The first-order chi connectivity index (χ1) is 7.47. The van der Waals surface area contributed by atoms with Gasteiger partial charge in [-0.15, -0.1) is 11.6 Å². The monoisotopic (exact) mass is 276 g/mol. The minimum absolute atomic E-state index is 0.0404. The Kier molecular flexibility index (Phi) is 8.58. The molecular weight excluding hydrogens is 259 g/mol. The Morgan fingerprint density at radius 2 is 1.75 bits per heavy atom. The van der Waals surface area contributed by atoms with Crippen molar-refractivity contribution in [3.63, 3.8) is 0 Å². The molecule has 0 rings (SSSR count). The lowest BCUT2D eigenvalue weighted by Crippen LogP contribution is -2.18. The zero-order valence-electron chi connectivity index (χ0n) is 9.34. The highest BCUT2D eigenvalue weighted by atomic mass is 35.5. The van der Waals surface area contributed by atoms with Gasteiger partial charge in [0.2, 0.25) is 0 Å². The topological polar surface area (TPSA) is 85.2 Å². The molecule has 0 bridgehead atoms. The van der Waals surface area contributed by atoms with E-state index in [1.165, 1.54) is 0 Å². The third kappa shape index (κ3) is 6.81. The number of phosphoric acid groups is 1. The second-order valence-corrected chi connectivity index (χ2v) is 5.18. The number of rotatable bonds is 9. The number of aliphatic hydroxyl groups excluding tert-OH is 2.